The molecule has 5 nitrogen and oxygen atoms in total. The predicted octanol–water partition coefficient (Wildman–Crippen LogP) is -0.847. The van der Waals surface area contributed by atoms with E-state index in [1.54, 1.807) is 0 Å². The molecule has 0 bridgehead atoms. The third-order valence-corrected chi connectivity index (χ3v) is 3.00. The molecule has 0 spiro atoms. The first-order valence-corrected chi connectivity index (χ1v) is 4.89. The van der Waals surface area contributed by atoms with Crippen molar-refractivity contribution in [2.75, 3.05) is 5.75 Å². The third kappa shape index (κ3) is 2.16. The highest BCUT2D eigenvalue weighted by atomic mass is 32.2. The minimum absolute atomic E-state index is 0.0385. The molecule has 1 fully saturated rings. The van der Waals surface area contributed by atoms with Gasteiger partial charge in [-0.3, -0.25) is 4.79 Å². The highest BCUT2D eigenvalue weighted by Crippen LogP contribution is 2.08. The average molecular weight is 179 g/mol. The zero-order chi connectivity index (χ0) is 8.48. The summed E-state index contributed by atoms with van der Waals surface area (Å²) in [7, 11) is -3.31. The lowest BCUT2D eigenvalue weighted by atomic mass is 10.2. The first-order valence-electron chi connectivity index (χ1n) is 3.24. The highest BCUT2D eigenvalue weighted by molar-refractivity contribution is 7.89. The van der Waals surface area contributed by atoms with E-state index in [4.69, 9.17) is 5.11 Å². The minimum atomic E-state index is -3.31. The van der Waals surface area contributed by atoms with Crippen LogP contribution in [0.2, 0.25) is 0 Å². The molecule has 1 aliphatic rings. The quantitative estimate of drug-likeness (QED) is 0.549. The maximum absolute atomic E-state index is 10.8. The van der Waals surface area contributed by atoms with E-state index in [2.05, 4.69) is 4.72 Å². The van der Waals surface area contributed by atoms with Crippen LogP contribution in [-0.4, -0.2) is 31.3 Å². The van der Waals surface area contributed by atoms with E-state index < -0.39 is 22.0 Å². The van der Waals surface area contributed by atoms with Crippen molar-refractivity contribution in [2.24, 2.45) is 0 Å². The lowest BCUT2D eigenvalue weighted by molar-refractivity contribution is -0.139. The number of hydrogen-bond acceptors (Lipinski definition) is 3. The summed E-state index contributed by atoms with van der Waals surface area (Å²) < 4.78 is 23.6. The van der Waals surface area contributed by atoms with Crippen LogP contribution in [-0.2, 0) is 14.8 Å². The van der Waals surface area contributed by atoms with Crippen molar-refractivity contribution in [3.05, 3.63) is 0 Å². The lowest BCUT2D eigenvalue weighted by Crippen LogP contribution is -2.45. The third-order valence-electron chi connectivity index (χ3n) is 1.53. The van der Waals surface area contributed by atoms with Crippen LogP contribution in [0.25, 0.3) is 0 Å². The summed E-state index contributed by atoms with van der Waals surface area (Å²) in [4.78, 5) is 10.3. The van der Waals surface area contributed by atoms with Gasteiger partial charge in [0, 0.05) is 0 Å². The Morgan fingerprint density at radius 3 is 2.55 bits per heavy atom. The molecule has 0 aliphatic carbocycles. The van der Waals surface area contributed by atoms with Gasteiger partial charge in [0.1, 0.15) is 6.04 Å². The fourth-order valence-corrected chi connectivity index (χ4v) is 2.30. The summed E-state index contributed by atoms with van der Waals surface area (Å²) in [5, 5.41) is 8.44. The van der Waals surface area contributed by atoms with Crippen molar-refractivity contribution in [3.8, 4) is 0 Å². The summed E-state index contributed by atoms with van der Waals surface area (Å²) in [5.41, 5.74) is 0. The predicted molar refractivity (Wildman–Crippen MR) is 37.6 cm³/mol. The molecular weight excluding hydrogens is 170 g/mol. The molecule has 6 heteroatoms. The maximum atomic E-state index is 10.8. The molecule has 1 atom stereocenters. The van der Waals surface area contributed by atoms with Crippen LogP contribution >= 0.6 is 0 Å². The summed E-state index contributed by atoms with van der Waals surface area (Å²) in [6.07, 6.45) is 0.806. The molecule has 0 aromatic rings. The second-order valence-electron chi connectivity index (χ2n) is 2.47. The average Bonchev–Trinajstić information content (AvgIpc) is 1.85. The zero-order valence-corrected chi connectivity index (χ0v) is 6.60. The Labute approximate surface area is 64.5 Å². The van der Waals surface area contributed by atoms with Crippen LogP contribution in [0.15, 0.2) is 0 Å². The van der Waals surface area contributed by atoms with Crippen LogP contribution in [0.1, 0.15) is 12.8 Å². The first-order chi connectivity index (χ1) is 5.01. The van der Waals surface area contributed by atoms with Gasteiger partial charge in [-0.25, -0.2) is 13.1 Å². The Hall–Kier alpha value is -0.620. The summed E-state index contributed by atoms with van der Waals surface area (Å²) in [5.74, 6) is -1.06. The summed E-state index contributed by atoms with van der Waals surface area (Å²) in [6.45, 7) is 0. The Bertz CT molecular complexity index is 258. The van der Waals surface area contributed by atoms with Crippen molar-refractivity contribution in [1.82, 2.24) is 4.72 Å². The Kier molecular flexibility index (Phi) is 2.15. The van der Waals surface area contributed by atoms with Crippen LogP contribution in [0.3, 0.4) is 0 Å². The van der Waals surface area contributed by atoms with Crippen molar-refractivity contribution < 1.29 is 18.3 Å². The van der Waals surface area contributed by atoms with Crippen molar-refractivity contribution in [2.45, 2.75) is 18.9 Å². The molecule has 0 unspecified atom stereocenters. The molecule has 0 amide bonds. The maximum Gasteiger partial charge on any atom is 0.321 e. The molecule has 0 aromatic carbocycles. The fraction of sp³-hybridized carbons (Fsp3) is 0.800. The van der Waals surface area contributed by atoms with Crippen LogP contribution in [0.5, 0.6) is 0 Å². The van der Waals surface area contributed by atoms with Gasteiger partial charge in [-0.05, 0) is 12.8 Å². The lowest BCUT2D eigenvalue weighted by Gasteiger charge is -2.19. The van der Waals surface area contributed by atoms with E-state index in [-0.39, 0.29) is 5.75 Å². The standard InChI is InChI=1S/C5H9NO4S/c7-5(8)4-2-1-3-11(9,10)6-4/h4,6H,1-3H2,(H,7,8)/t4-/m0/s1. The number of hydrogen-bond donors (Lipinski definition) is 2. The number of rotatable bonds is 1. The molecule has 11 heavy (non-hydrogen) atoms. The SMILES string of the molecule is O=C(O)[C@@H]1CCCS(=O)(=O)N1. The molecular formula is C5H9NO4S. The number of carboxylic acids is 1. The highest BCUT2D eigenvalue weighted by Gasteiger charge is 2.28. The van der Waals surface area contributed by atoms with Crippen LogP contribution in [0, 0.1) is 0 Å². The molecule has 0 aromatic heterocycles. The van der Waals surface area contributed by atoms with E-state index in [9.17, 15) is 13.2 Å². The molecule has 0 radical (unpaired) electrons. The van der Waals surface area contributed by atoms with Gasteiger partial charge in [-0.15, -0.1) is 0 Å². The van der Waals surface area contributed by atoms with Crippen molar-refractivity contribution >= 4 is 16.0 Å². The largest absolute Gasteiger partial charge is 0.480 e. The number of nitrogens with one attached hydrogen (secondary N) is 1. The fourth-order valence-electron chi connectivity index (χ4n) is 0.986. The number of aliphatic carboxylic acids is 1. The van der Waals surface area contributed by atoms with Gasteiger partial charge in [0.15, 0.2) is 0 Å². The molecule has 1 rings (SSSR count). The van der Waals surface area contributed by atoms with E-state index in [1.807, 2.05) is 0 Å². The van der Waals surface area contributed by atoms with Crippen molar-refractivity contribution in [1.29, 1.82) is 0 Å². The molecule has 1 saturated heterocycles. The van der Waals surface area contributed by atoms with E-state index in [0.717, 1.165) is 0 Å². The normalized spacial score (nSPS) is 29.6. The van der Waals surface area contributed by atoms with Crippen molar-refractivity contribution in [3.63, 3.8) is 0 Å². The second kappa shape index (κ2) is 2.78. The topological polar surface area (TPSA) is 83.5 Å². The number of carboxylic acid groups (broad SMARTS) is 1. The molecule has 1 heterocycles. The first kappa shape index (κ1) is 8.48. The Morgan fingerprint density at radius 2 is 2.18 bits per heavy atom. The molecule has 2 N–H and O–H groups in total. The Balaban J connectivity index is 2.68. The summed E-state index contributed by atoms with van der Waals surface area (Å²) in [6, 6.07) is -0.922. The number of sulfonamides is 1. The van der Waals surface area contributed by atoms with Gasteiger partial charge in [0.05, 0.1) is 5.75 Å². The smallest absolute Gasteiger partial charge is 0.321 e. The van der Waals surface area contributed by atoms with E-state index >= 15 is 0 Å². The summed E-state index contributed by atoms with van der Waals surface area (Å²) >= 11 is 0. The van der Waals surface area contributed by atoms with Gasteiger partial charge in [0.25, 0.3) is 0 Å². The Morgan fingerprint density at radius 1 is 1.55 bits per heavy atom. The monoisotopic (exact) mass is 179 g/mol. The van der Waals surface area contributed by atoms with Gasteiger partial charge in [-0.2, -0.15) is 0 Å². The van der Waals surface area contributed by atoms with Gasteiger partial charge in [-0.1, -0.05) is 0 Å². The van der Waals surface area contributed by atoms with Gasteiger partial charge < -0.3 is 5.11 Å². The van der Waals surface area contributed by atoms with Crippen LogP contribution in [0.4, 0.5) is 0 Å². The van der Waals surface area contributed by atoms with E-state index in [0.29, 0.717) is 12.8 Å². The number of carbonyl (C=O) groups is 1. The molecule has 1 aliphatic heterocycles. The molecule has 64 valence electrons. The zero-order valence-electron chi connectivity index (χ0n) is 5.78. The molecule has 0 saturated carbocycles. The van der Waals surface area contributed by atoms with E-state index in [1.165, 1.54) is 0 Å². The minimum Gasteiger partial charge on any atom is -0.480 e. The van der Waals surface area contributed by atoms with Gasteiger partial charge >= 0.3 is 5.97 Å². The van der Waals surface area contributed by atoms with Crippen LogP contribution < -0.4 is 4.72 Å². The van der Waals surface area contributed by atoms with Gasteiger partial charge in [0.2, 0.25) is 10.0 Å². The second-order valence-corrected chi connectivity index (χ2v) is 4.34.